The molecule has 1 N–H and O–H groups in total. The molecule has 2 rings (SSSR count). The van der Waals surface area contributed by atoms with Crippen molar-refractivity contribution in [2.24, 2.45) is 0 Å². The number of hydrogen-bond acceptors (Lipinski definition) is 5. The molecule has 2 amide bonds. The lowest BCUT2D eigenvalue weighted by atomic mass is 10.2. The Labute approximate surface area is 157 Å². The van der Waals surface area contributed by atoms with Crippen molar-refractivity contribution < 1.29 is 9.59 Å². The second-order valence-corrected chi connectivity index (χ2v) is 6.73. The van der Waals surface area contributed by atoms with E-state index in [0.29, 0.717) is 5.13 Å². The molecule has 0 aliphatic rings. The van der Waals surface area contributed by atoms with Crippen molar-refractivity contribution in [1.29, 1.82) is 0 Å². The Kier molecular flexibility index (Phi) is 7.30. The highest BCUT2D eigenvalue weighted by Crippen LogP contribution is 2.15. The Balaban J connectivity index is 2.06. The number of nitrogens with zero attached hydrogens (tertiary/aromatic N) is 3. The molecule has 0 fully saturated rings. The molecule has 0 aliphatic heterocycles. The molecule has 6 nitrogen and oxygen atoms in total. The van der Waals surface area contributed by atoms with Crippen LogP contribution < -0.4 is 5.32 Å². The first-order valence-corrected chi connectivity index (χ1v) is 9.35. The van der Waals surface area contributed by atoms with Gasteiger partial charge in [0.1, 0.15) is 5.01 Å². The van der Waals surface area contributed by atoms with Crippen LogP contribution in [-0.2, 0) is 16.0 Å². The molecule has 0 aliphatic carbocycles. The number of benzene rings is 1. The minimum absolute atomic E-state index is 0.0982. The number of carbonyl (C=O) groups is 2. The lowest BCUT2D eigenvalue weighted by molar-refractivity contribution is -0.144. The van der Waals surface area contributed by atoms with Crippen molar-refractivity contribution in [2.45, 2.75) is 39.7 Å². The number of aryl methyl sites for hydroxylation is 1. The van der Waals surface area contributed by atoms with E-state index < -0.39 is 11.8 Å². The molecule has 0 bridgehead atoms. The molecule has 1 atom stereocenters. The smallest absolute Gasteiger partial charge is 0.315 e. The van der Waals surface area contributed by atoms with Gasteiger partial charge in [0.15, 0.2) is 0 Å². The number of anilines is 1. The zero-order chi connectivity index (χ0) is 18.9. The Morgan fingerprint density at radius 2 is 1.96 bits per heavy atom. The van der Waals surface area contributed by atoms with Gasteiger partial charge in [0.05, 0.1) is 6.54 Å². The monoisotopic (exact) mass is 370 g/mol. The van der Waals surface area contributed by atoms with E-state index >= 15 is 0 Å². The number of nitrogens with one attached hydrogen (secondary N) is 1. The molecule has 136 valence electrons. The Hall–Kier alpha value is -2.72. The largest absolute Gasteiger partial charge is 0.321 e. The van der Waals surface area contributed by atoms with Gasteiger partial charge in [-0.3, -0.25) is 14.9 Å². The van der Waals surface area contributed by atoms with Gasteiger partial charge in [-0.05, 0) is 31.9 Å². The van der Waals surface area contributed by atoms with Crippen molar-refractivity contribution in [2.75, 3.05) is 11.9 Å². The fourth-order valence-corrected chi connectivity index (χ4v) is 2.80. The maximum atomic E-state index is 12.6. The quantitative estimate of drug-likeness (QED) is 0.649. The highest BCUT2D eigenvalue weighted by Gasteiger charge is 2.25. The summed E-state index contributed by atoms with van der Waals surface area (Å²) < 4.78 is 0. The van der Waals surface area contributed by atoms with Crippen LogP contribution >= 0.6 is 11.3 Å². The Morgan fingerprint density at radius 1 is 1.23 bits per heavy atom. The van der Waals surface area contributed by atoms with Gasteiger partial charge >= 0.3 is 11.8 Å². The van der Waals surface area contributed by atoms with Crippen LogP contribution in [0.1, 0.15) is 37.8 Å². The molecule has 2 aromatic rings. The molecule has 7 heteroatoms. The topological polar surface area (TPSA) is 75.2 Å². The number of rotatable bonds is 5. The van der Waals surface area contributed by atoms with E-state index in [-0.39, 0.29) is 12.6 Å². The van der Waals surface area contributed by atoms with Gasteiger partial charge in [0, 0.05) is 11.6 Å². The summed E-state index contributed by atoms with van der Waals surface area (Å²) in [5, 5.41) is 11.5. The standard InChI is InChI=1S/C19H22N4O2S/c1-4-14(3)23(13-9-12-15-10-7-6-8-11-15)18(25)17(24)20-19-22-21-16(5-2)26-19/h6-8,10-11,14H,4-5,13H2,1-3H3,(H,20,22,24)/t14-/m0/s1. The molecular weight excluding hydrogens is 348 g/mol. The second kappa shape index (κ2) is 9.68. The maximum absolute atomic E-state index is 12.6. The molecular formula is C19H22N4O2S. The molecule has 0 spiro atoms. The summed E-state index contributed by atoms with van der Waals surface area (Å²) in [6, 6.07) is 9.43. The van der Waals surface area contributed by atoms with Gasteiger partial charge in [-0.2, -0.15) is 0 Å². The molecule has 26 heavy (non-hydrogen) atoms. The fraction of sp³-hybridized carbons (Fsp3) is 0.368. The summed E-state index contributed by atoms with van der Waals surface area (Å²) in [5.74, 6) is 4.66. The molecule has 1 aromatic carbocycles. The minimum Gasteiger partial charge on any atom is -0.321 e. The molecule has 1 aromatic heterocycles. The van der Waals surface area contributed by atoms with Crippen LogP contribution in [-0.4, -0.2) is 39.5 Å². The van der Waals surface area contributed by atoms with E-state index in [4.69, 9.17) is 0 Å². The molecule has 0 unspecified atom stereocenters. The van der Waals surface area contributed by atoms with E-state index in [0.717, 1.165) is 23.4 Å². The first-order chi connectivity index (χ1) is 12.5. The van der Waals surface area contributed by atoms with E-state index in [2.05, 4.69) is 27.4 Å². The number of aromatic nitrogens is 2. The molecule has 0 saturated carbocycles. The average Bonchev–Trinajstić information content (AvgIpc) is 3.12. The van der Waals surface area contributed by atoms with E-state index in [1.54, 1.807) is 0 Å². The van der Waals surface area contributed by atoms with E-state index in [1.807, 2.05) is 51.1 Å². The third-order valence-corrected chi connectivity index (χ3v) is 4.81. The van der Waals surface area contributed by atoms with Crippen molar-refractivity contribution in [3.8, 4) is 11.8 Å². The Bertz CT molecular complexity index is 808. The van der Waals surface area contributed by atoms with E-state index in [9.17, 15) is 9.59 Å². The van der Waals surface area contributed by atoms with Crippen LogP contribution in [0.25, 0.3) is 0 Å². The highest BCUT2D eigenvalue weighted by molar-refractivity contribution is 7.15. The van der Waals surface area contributed by atoms with Gasteiger partial charge in [-0.25, -0.2) is 0 Å². The molecule has 0 radical (unpaired) electrons. The van der Waals surface area contributed by atoms with E-state index in [1.165, 1.54) is 16.2 Å². The van der Waals surface area contributed by atoms with Gasteiger partial charge in [0.25, 0.3) is 0 Å². The molecule has 0 saturated heterocycles. The summed E-state index contributed by atoms with van der Waals surface area (Å²) in [7, 11) is 0. The van der Waals surface area contributed by atoms with Gasteiger partial charge < -0.3 is 4.90 Å². The summed E-state index contributed by atoms with van der Waals surface area (Å²) in [6.45, 7) is 6.00. The lowest BCUT2D eigenvalue weighted by Crippen LogP contribution is -2.44. The summed E-state index contributed by atoms with van der Waals surface area (Å²) in [4.78, 5) is 26.3. The van der Waals surface area contributed by atoms with Crippen LogP contribution in [0, 0.1) is 11.8 Å². The van der Waals surface area contributed by atoms with Crippen molar-refractivity contribution >= 4 is 28.3 Å². The van der Waals surface area contributed by atoms with Crippen molar-refractivity contribution in [1.82, 2.24) is 15.1 Å². The predicted octanol–water partition coefficient (Wildman–Crippen LogP) is 2.72. The van der Waals surface area contributed by atoms with Crippen LogP contribution in [0.5, 0.6) is 0 Å². The Morgan fingerprint density at radius 3 is 2.58 bits per heavy atom. The summed E-state index contributed by atoms with van der Waals surface area (Å²) in [6.07, 6.45) is 1.46. The van der Waals surface area contributed by atoms with Crippen LogP contribution in [0.15, 0.2) is 30.3 Å². The van der Waals surface area contributed by atoms with Gasteiger partial charge in [-0.1, -0.05) is 55.2 Å². The fourth-order valence-electron chi connectivity index (χ4n) is 2.12. The number of amides is 2. The van der Waals surface area contributed by atoms with Crippen LogP contribution in [0.4, 0.5) is 5.13 Å². The van der Waals surface area contributed by atoms with Gasteiger partial charge in [0.2, 0.25) is 5.13 Å². The second-order valence-electron chi connectivity index (χ2n) is 5.67. The lowest BCUT2D eigenvalue weighted by Gasteiger charge is -2.25. The van der Waals surface area contributed by atoms with Crippen LogP contribution in [0.3, 0.4) is 0 Å². The normalized spacial score (nSPS) is 11.2. The SMILES string of the molecule is CCc1nnc(NC(=O)C(=O)N(CC#Cc2ccccc2)[C@@H](C)CC)s1. The zero-order valence-electron chi connectivity index (χ0n) is 15.2. The first kappa shape index (κ1) is 19.6. The first-order valence-electron chi connectivity index (χ1n) is 8.53. The van der Waals surface area contributed by atoms with Gasteiger partial charge in [-0.15, -0.1) is 10.2 Å². The van der Waals surface area contributed by atoms with Crippen molar-refractivity contribution in [3.63, 3.8) is 0 Å². The molecule has 1 heterocycles. The average molecular weight is 370 g/mol. The minimum atomic E-state index is -0.717. The highest BCUT2D eigenvalue weighted by atomic mass is 32.1. The zero-order valence-corrected chi connectivity index (χ0v) is 16.0. The third-order valence-electron chi connectivity index (χ3n) is 3.82. The number of hydrogen-bond donors (Lipinski definition) is 1. The maximum Gasteiger partial charge on any atom is 0.315 e. The third kappa shape index (κ3) is 5.39. The summed E-state index contributed by atoms with van der Waals surface area (Å²) in [5.41, 5.74) is 0.870. The van der Waals surface area contributed by atoms with Crippen LogP contribution in [0.2, 0.25) is 0 Å². The summed E-state index contributed by atoms with van der Waals surface area (Å²) >= 11 is 1.27. The number of carbonyl (C=O) groups excluding carboxylic acids is 2. The van der Waals surface area contributed by atoms with Crippen molar-refractivity contribution in [3.05, 3.63) is 40.9 Å². The predicted molar refractivity (Wildman–Crippen MR) is 103 cm³/mol.